The predicted molar refractivity (Wildman–Crippen MR) is 79.9 cm³/mol. The third-order valence-corrected chi connectivity index (χ3v) is 4.95. The first-order valence-corrected chi connectivity index (χ1v) is 7.47. The van der Waals surface area contributed by atoms with E-state index in [1.165, 1.54) is 11.3 Å². The first-order valence-electron chi connectivity index (χ1n) is 5.42. The van der Waals surface area contributed by atoms with Gasteiger partial charge in [-0.05, 0) is 22.0 Å². The molecule has 0 saturated heterocycles. The van der Waals surface area contributed by atoms with Crippen LogP contribution in [-0.4, -0.2) is 11.6 Å². The van der Waals surface area contributed by atoms with Gasteiger partial charge in [0.05, 0.1) is 5.57 Å². The number of Topliss-reactive ketones (excluding diaryl/α,β-unsaturated/α-hetero) is 2. The molecule has 0 unspecified atom stereocenters. The van der Waals surface area contributed by atoms with E-state index >= 15 is 0 Å². The molecule has 0 amide bonds. The number of carbonyl (C=O) groups is 2. The van der Waals surface area contributed by atoms with Crippen molar-refractivity contribution in [3.8, 4) is 0 Å². The maximum absolute atomic E-state index is 12.5. The molecule has 1 heterocycles. The average molecular weight is 354 g/mol. The lowest BCUT2D eigenvalue weighted by atomic mass is 9.89. The number of ketones is 2. The zero-order valence-corrected chi connectivity index (χ0v) is 12.6. The molecule has 0 saturated carbocycles. The summed E-state index contributed by atoms with van der Waals surface area (Å²) in [7, 11) is 0. The zero-order chi connectivity index (χ0) is 13.6. The first kappa shape index (κ1) is 12.8. The number of carbonyl (C=O) groups excluding carboxylic acids is 2. The number of hydrogen-bond acceptors (Lipinski definition) is 3. The van der Waals surface area contributed by atoms with Crippen molar-refractivity contribution >= 4 is 56.0 Å². The van der Waals surface area contributed by atoms with E-state index in [1.54, 1.807) is 30.3 Å². The molecule has 0 N–H and O–H groups in total. The summed E-state index contributed by atoms with van der Waals surface area (Å²) in [4.78, 5) is 25.4. The average Bonchev–Trinajstić information content (AvgIpc) is 2.83. The van der Waals surface area contributed by atoms with Crippen LogP contribution in [0.4, 0.5) is 0 Å². The highest BCUT2D eigenvalue weighted by Gasteiger charge is 2.32. The fraction of sp³-hybridized carbons (Fsp3) is 0. The summed E-state index contributed by atoms with van der Waals surface area (Å²) in [6.45, 7) is 0. The zero-order valence-electron chi connectivity index (χ0n) is 9.44. The normalized spacial score (nSPS) is 14.8. The molecular formula is C14H6BrClO2S. The molecule has 3 rings (SSSR count). The SMILES string of the molecule is O=C1C(Cl)=C(c2cc(Br)cs2)C(=O)c2ccccc21. The Hall–Kier alpha value is -1.23. The van der Waals surface area contributed by atoms with Gasteiger partial charge in [0.15, 0.2) is 5.78 Å². The standard InChI is InChI=1S/C14H6BrClO2S/c15-7-5-10(19-6-7)11-12(16)14(18)9-4-2-1-3-8(9)13(11)17/h1-6H. The van der Waals surface area contributed by atoms with Gasteiger partial charge in [0.1, 0.15) is 5.03 Å². The summed E-state index contributed by atoms with van der Waals surface area (Å²) in [6.07, 6.45) is 0. The quantitative estimate of drug-likeness (QED) is 0.754. The lowest BCUT2D eigenvalue weighted by Crippen LogP contribution is -2.18. The number of thiophene rings is 1. The molecule has 1 aliphatic carbocycles. The van der Waals surface area contributed by atoms with Gasteiger partial charge in [0.2, 0.25) is 5.78 Å². The summed E-state index contributed by atoms with van der Waals surface area (Å²) in [5, 5.41) is 1.85. The fourth-order valence-corrected chi connectivity index (χ4v) is 3.83. The Bertz CT molecular complexity index is 745. The summed E-state index contributed by atoms with van der Waals surface area (Å²) >= 11 is 10.8. The Morgan fingerprint density at radius 1 is 1.05 bits per heavy atom. The summed E-state index contributed by atoms with van der Waals surface area (Å²) < 4.78 is 0.864. The van der Waals surface area contributed by atoms with E-state index < -0.39 is 0 Å². The summed E-state index contributed by atoms with van der Waals surface area (Å²) in [5.74, 6) is -0.495. The monoisotopic (exact) mass is 352 g/mol. The lowest BCUT2D eigenvalue weighted by molar-refractivity contribution is 0.0998. The van der Waals surface area contributed by atoms with Gasteiger partial charge in [-0.1, -0.05) is 35.9 Å². The molecular weight excluding hydrogens is 348 g/mol. The fourth-order valence-electron chi connectivity index (χ4n) is 2.01. The van der Waals surface area contributed by atoms with E-state index in [0.29, 0.717) is 21.6 Å². The second-order valence-electron chi connectivity index (χ2n) is 4.02. The second kappa shape index (κ2) is 4.71. The first-order chi connectivity index (χ1) is 9.09. The van der Waals surface area contributed by atoms with Crippen LogP contribution in [0.2, 0.25) is 0 Å². The Labute approximate surface area is 126 Å². The van der Waals surface area contributed by atoms with Crippen LogP contribution in [0.25, 0.3) is 5.57 Å². The number of rotatable bonds is 1. The summed E-state index contributed by atoms with van der Waals surface area (Å²) in [5.41, 5.74) is 1.08. The molecule has 2 aromatic rings. The Morgan fingerprint density at radius 2 is 1.68 bits per heavy atom. The van der Waals surface area contributed by atoms with E-state index in [-0.39, 0.29) is 16.6 Å². The molecule has 0 atom stereocenters. The highest BCUT2D eigenvalue weighted by molar-refractivity contribution is 9.10. The van der Waals surface area contributed by atoms with Crippen LogP contribution in [0.1, 0.15) is 25.6 Å². The van der Waals surface area contributed by atoms with Crippen molar-refractivity contribution in [3.63, 3.8) is 0 Å². The van der Waals surface area contributed by atoms with Gasteiger partial charge in [-0.15, -0.1) is 11.3 Å². The molecule has 19 heavy (non-hydrogen) atoms. The van der Waals surface area contributed by atoms with Crippen molar-refractivity contribution in [2.75, 3.05) is 0 Å². The van der Waals surface area contributed by atoms with Gasteiger partial charge in [0, 0.05) is 25.9 Å². The maximum atomic E-state index is 12.5. The topological polar surface area (TPSA) is 34.1 Å². The Balaban J connectivity index is 2.24. The third kappa shape index (κ3) is 2.00. The molecule has 0 bridgehead atoms. The minimum atomic E-state index is -0.295. The van der Waals surface area contributed by atoms with Gasteiger partial charge in [-0.2, -0.15) is 0 Å². The number of fused-ring (bicyclic) bond motifs is 1. The number of hydrogen-bond donors (Lipinski definition) is 0. The molecule has 0 aliphatic heterocycles. The Kier molecular flexibility index (Phi) is 3.17. The third-order valence-electron chi connectivity index (χ3n) is 2.88. The predicted octanol–water partition coefficient (Wildman–Crippen LogP) is 4.54. The van der Waals surface area contributed by atoms with Gasteiger partial charge in [-0.25, -0.2) is 0 Å². The molecule has 5 heteroatoms. The van der Waals surface area contributed by atoms with Gasteiger partial charge in [-0.3, -0.25) is 9.59 Å². The van der Waals surface area contributed by atoms with Gasteiger partial charge >= 0.3 is 0 Å². The van der Waals surface area contributed by atoms with Gasteiger partial charge < -0.3 is 0 Å². The highest BCUT2D eigenvalue weighted by Crippen LogP contribution is 2.37. The minimum Gasteiger partial charge on any atom is -0.288 e. The summed E-state index contributed by atoms with van der Waals surface area (Å²) in [6, 6.07) is 8.54. The van der Waals surface area contributed by atoms with Crippen molar-refractivity contribution in [2.45, 2.75) is 0 Å². The molecule has 1 aromatic carbocycles. The van der Waals surface area contributed by atoms with Crippen LogP contribution in [0.3, 0.4) is 0 Å². The van der Waals surface area contributed by atoms with Crippen LogP contribution in [-0.2, 0) is 0 Å². The maximum Gasteiger partial charge on any atom is 0.205 e. The minimum absolute atomic E-state index is 0.00181. The van der Waals surface area contributed by atoms with E-state index in [2.05, 4.69) is 15.9 Å². The number of benzene rings is 1. The molecule has 2 nitrogen and oxygen atoms in total. The van der Waals surface area contributed by atoms with Crippen LogP contribution < -0.4 is 0 Å². The van der Waals surface area contributed by atoms with Crippen molar-refractivity contribution in [3.05, 3.63) is 61.2 Å². The Morgan fingerprint density at radius 3 is 2.26 bits per heavy atom. The lowest BCUT2D eigenvalue weighted by Gasteiger charge is -2.16. The molecule has 0 spiro atoms. The van der Waals surface area contributed by atoms with Crippen molar-refractivity contribution in [1.82, 2.24) is 0 Å². The van der Waals surface area contributed by atoms with Crippen LogP contribution >= 0.6 is 38.9 Å². The molecule has 0 radical (unpaired) electrons. The van der Waals surface area contributed by atoms with Crippen molar-refractivity contribution in [1.29, 1.82) is 0 Å². The van der Waals surface area contributed by atoms with Crippen LogP contribution in [0.5, 0.6) is 0 Å². The van der Waals surface area contributed by atoms with Crippen molar-refractivity contribution in [2.24, 2.45) is 0 Å². The van der Waals surface area contributed by atoms with Crippen molar-refractivity contribution < 1.29 is 9.59 Å². The van der Waals surface area contributed by atoms with Crippen LogP contribution in [0.15, 0.2) is 45.2 Å². The van der Waals surface area contributed by atoms with Gasteiger partial charge in [0.25, 0.3) is 0 Å². The van der Waals surface area contributed by atoms with E-state index in [0.717, 1.165) is 4.47 Å². The molecule has 1 aromatic heterocycles. The van der Waals surface area contributed by atoms with Crippen LogP contribution in [0, 0.1) is 0 Å². The smallest absolute Gasteiger partial charge is 0.205 e. The number of allylic oxidation sites excluding steroid dienone is 2. The molecule has 0 fully saturated rings. The number of halogens is 2. The van der Waals surface area contributed by atoms with E-state index in [4.69, 9.17) is 11.6 Å². The molecule has 94 valence electrons. The largest absolute Gasteiger partial charge is 0.288 e. The molecule has 1 aliphatic rings. The second-order valence-corrected chi connectivity index (χ2v) is 6.23. The van der Waals surface area contributed by atoms with E-state index in [1.807, 2.05) is 5.38 Å². The highest BCUT2D eigenvalue weighted by atomic mass is 79.9. The van der Waals surface area contributed by atoms with E-state index in [9.17, 15) is 9.59 Å².